The molecular formula is C25H31N3O4. The van der Waals surface area contributed by atoms with Crippen LogP contribution in [0.25, 0.3) is 0 Å². The Hall–Kier alpha value is -3.19. The molecule has 7 heteroatoms. The monoisotopic (exact) mass is 437 g/mol. The Bertz CT molecular complexity index is 952. The minimum Gasteiger partial charge on any atom is -0.378 e. The van der Waals surface area contributed by atoms with Gasteiger partial charge in [0.05, 0.1) is 24.5 Å². The van der Waals surface area contributed by atoms with Gasteiger partial charge in [-0.15, -0.1) is 0 Å². The summed E-state index contributed by atoms with van der Waals surface area (Å²) in [6, 6.07) is 13.4. The number of ether oxygens (including phenoxy) is 1. The summed E-state index contributed by atoms with van der Waals surface area (Å²) in [6.45, 7) is 7.94. The molecule has 0 spiro atoms. The van der Waals surface area contributed by atoms with Gasteiger partial charge in [-0.3, -0.25) is 14.4 Å². The molecule has 2 N–H and O–H groups in total. The minimum absolute atomic E-state index is 0.0383. The van der Waals surface area contributed by atoms with Gasteiger partial charge >= 0.3 is 0 Å². The SMILES string of the molecule is CCC(C)C(NC(=O)c1ccccc1NC(=O)c1ccc(C)cc1)C(=O)N1CCOCC1. The molecule has 0 aliphatic carbocycles. The number of carbonyl (C=O) groups excluding carboxylic acids is 3. The Morgan fingerprint density at radius 2 is 1.66 bits per heavy atom. The summed E-state index contributed by atoms with van der Waals surface area (Å²) in [5, 5.41) is 5.74. The Morgan fingerprint density at radius 1 is 1.00 bits per heavy atom. The minimum atomic E-state index is -0.647. The maximum Gasteiger partial charge on any atom is 0.255 e. The zero-order valence-electron chi connectivity index (χ0n) is 18.9. The van der Waals surface area contributed by atoms with Crippen molar-refractivity contribution in [1.82, 2.24) is 10.2 Å². The highest BCUT2D eigenvalue weighted by Gasteiger charge is 2.31. The smallest absolute Gasteiger partial charge is 0.255 e. The van der Waals surface area contributed by atoms with Crippen LogP contribution in [-0.2, 0) is 9.53 Å². The molecule has 1 aliphatic heterocycles. The fourth-order valence-electron chi connectivity index (χ4n) is 3.57. The standard InChI is InChI=1S/C25H31N3O4/c1-4-18(3)22(25(31)28-13-15-32-16-14-28)27-24(30)20-7-5-6-8-21(20)26-23(29)19-11-9-17(2)10-12-19/h5-12,18,22H,4,13-16H2,1-3H3,(H,26,29)(H,27,30). The molecular weight excluding hydrogens is 406 g/mol. The summed E-state index contributed by atoms with van der Waals surface area (Å²) < 4.78 is 5.34. The molecule has 2 atom stereocenters. The highest BCUT2D eigenvalue weighted by atomic mass is 16.5. The summed E-state index contributed by atoms with van der Waals surface area (Å²) in [5.41, 5.74) is 2.28. The quantitative estimate of drug-likeness (QED) is 0.696. The van der Waals surface area contributed by atoms with Gasteiger partial charge in [0.15, 0.2) is 0 Å². The molecule has 3 rings (SSSR count). The van der Waals surface area contributed by atoms with Crippen molar-refractivity contribution in [3.63, 3.8) is 0 Å². The molecule has 0 radical (unpaired) electrons. The molecule has 1 aliphatic rings. The first-order valence-electron chi connectivity index (χ1n) is 11.0. The average Bonchev–Trinajstić information content (AvgIpc) is 2.82. The maximum absolute atomic E-state index is 13.2. The van der Waals surface area contributed by atoms with E-state index in [1.165, 1.54) is 0 Å². The second-order valence-electron chi connectivity index (χ2n) is 8.14. The molecule has 0 bridgehead atoms. The van der Waals surface area contributed by atoms with E-state index in [0.717, 1.165) is 12.0 Å². The second-order valence-corrected chi connectivity index (χ2v) is 8.14. The average molecular weight is 438 g/mol. The van der Waals surface area contributed by atoms with E-state index in [9.17, 15) is 14.4 Å². The van der Waals surface area contributed by atoms with Gasteiger partial charge in [0.25, 0.3) is 11.8 Å². The van der Waals surface area contributed by atoms with Gasteiger partial charge < -0.3 is 20.3 Å². The van der Waals surface area contributed by atoms with E-state index >= 15 is 0 Å². The predicted molar refractivity (Wildman–Crippen MR) is 124 cm³/mol. The van der Waals surface area contributed by atoms with Crippen LogP contribution in [0.1, 0.15) is 46.5 Å². The molecule has 0 saturated carbocycles. The lowest BCUT2D eigenvalue weighted by Crippen LogP contribution is -2.54. The Morgan fingerprint density at radius 3 is 2.31 bits per heavy atom. The van der Waals surface area contributed by atoms with Gasteiger partial charge in [-0.25, -0.2) is 0 Å². The van der Waals surface area contributed by atoms with Crippen LogP contribution in [0.4, 0.5) is 5.69 Å². The zero-order valence-corrected chi connectivity index (χ0v) is 18.9. The van der Waals surface area contributed by atoms with E-state index in [1.807, 2.05) is 32.9 Å². The van der Waals surface area contributed by atoms with Gasteiger partial charge in [-0.1, -0.05) is 50.1 Å². The highest BCUT2D eigenvalue weighted by molar-refractivity contribution is 6.09. The number of nitrogens with zero attached hydrogens (tertiary/aromatic N) is 1. The maximum atomic E-state index is 13.2. The van der Waals surface area contributed by atoms with Gasteiger partial charge in [0.2, 0.25) is 5.91 Å². The van der Waals surface area contributed by atoms with Crippen molar-refractivity contribution >= 4 is 23.4 Å². The van der Waals surface area contributed by atoms with E-state index in [2.05, 4.69) is 10.6 Å². The lowest BCUT2D eigenvalue weighted by atomic mass is 9.97. The van der Waals surface area contributed by atoms with Crippen LogP contribution in [0.3, 0.4) is 0 Å². The van der Waals surface area contributed by atoms with Crippen molar-refractivity contribution in [3.05, 3.63) is 65.2 Å². The third kappa shape index (κ3) is 5.73. The Labute approximate surface area is 189 Å². The number of amides is 3. The summed E-state index contributed by atoms with van der Waals surface area (Å²) in [6.07, 6.45) is 0.743. The van der Waals surface area contributed by atoms with Gasteiger partial charge in [0, 0.05) is 18.7 Å². The lowest BCUT2D eigenvalue weighted by molar-refractivity contribution is -0.138. The number of benzene rings is 2. The molecule has 2 aromatic carbocycles. The van der Waals surface area contributed by atoms with Crippen molar-refractivity contribution in [2.75, 3.05) is 31.6 Å². The largest absolute Gasteiger partial charge is 0.378 e. The first kappa shape index (κ1) is 23.5. The number of hydrogen-bond donors (Lipinski definition) is 2. The van der Waals surface area contributed by atoms with Gasteiger partial charge in [-0.2, -0.15) is 0 Å². The second kappa shape index (κ2) is 10.9. The van der Waals surface area contributed by atoms with Crippen LogP contribution in [0, 0.1) is 12.8 Å². The van der Waals surface area contributed by atoms with Crippen LogP contribution < -0.4 is 10.6 Å². The molecule has 0 aromatic heterocycles. The Kier molecular flexibility index (Phi) is 8.00. The van der Waals surface area contributed by atoms with E-state index in [1.54, 1.807) is 41.3 Å². The number of para-hydroxylation sites is 1. The third-order valence-electron chi connectivity index (χ3n) is 5.82. The van der Waals surface area contributed by atoms with E-state index in [-0.39, 0.29) is 17.7 Å². The highest BCUT2D eigenvalue weighted by Crippen LogP contribution is 2.19. The number of hydrogen-bond acceptors (Lipinski definition) is 4. The topological polar surface area (TPSA) is 87.7 Å². The molecule has 1 fully saturated rings. The molecule has 32 heavy (non-hydrogen) atoms. The zero-order chi connectivity index (χ0) is 23.1. The van der Waals surface area contributed by atoms with Crippen LogP contribution in [-0.4, -0.2) is 55.0 Å². The number of morpholine rings is 1. The number of carbonyl (C=O) groups is 3. The summed E-state index contributed by atoms with van der Waals surface area (Å²) >= 11 is 0. The van der Waals surface area contributed by atoms with Crippen molar-refractivity contribution in [2.24, 2.45) is 5.92 Å². The van der Waals surface area contributed by atoms with Crippen LogP contribution in [0.2, 0.25) is 0 Å². The summed E-state index contributed by atoms with van der Waals surface area (Å²) in [5.74, 6) is -0.828. The molecule has 3 amide bonds. The van der Waals surface area contributed by atoms with Crippen LogP contribution in [0.5, 0.6) is 0 Å². The number of anilines is 1. The molecule has 170 valence electrons. The Balaban J connectivity index is 1.77. The van der Waals surface area contributed by atoms with Gasteiger partial charge in [-0.05, 0) is 37.1 Å². The van der Waals surface area contributed by atoms with E-state index < -0.39 is 11.9 Å². The molecule has 2 aromatic rings. The number of nitrogens with one attached hydrogen (secondary N) is 2. The fourth-order valence-corrected chi connectivity index (χ4v) is 3.57. The number of rotatable bonds is 7. The third-order valence-corrected chi connectivity index (χ3v) is 5.82. The molecule has 1 saturated heterocycles. The van der Waals surface area contributed by atoms with E-state index in [0.29, 0.717) is 43.1 Å². The molecule has 2 unspecified atom stereocenters. The first-order valence-corrected chi connectivity index (χ1v) is 11.0. The van der Waals surface area contributed by atoms with Crippen molar-refractivity contribution in [2.45, 2.75) is 33.2 Å². The van der Waals surface area contributed by atoms with E-state index in [4.69, 9.17) is 4.74 Å². The van der Waals surface area contributed by atoms with Crippen LogP contribution in [0.15, 0.2) is 48.5 Å². The predicted octanol–water partition coefficient (Wildman–Crippen LogP) is 3.25. The van der Waals surface area contributed by atoms with Crippen molar-refractivity contribution in [1.29, 1.82) is 0 Å². The summed E-state index contributed by atoms with van der Waals surface area (Å²) in [7, 11) is 0. The normalized spacial score (nSPS) is 15.5. The van der Waals surface area contributed by atoms with Crippen molar-refractivity contribution in [3.8, 4) is 0 Å². The molecule has 7 nitrogen and oxygen atoms in total. The first-order chi connectivity index (χ1) is 15.4. The van der Waals surface area contributed by atoms with Gasteiger partial charge in [0.1, 0.15) is 6.04 Å². The lowest BCUT2D eigenvalue weighted by Gasteiger charge is -2.33. The number of aryl methyl sites for hydroxylation is 1. The van der Waals surface area contributed by atoms with Crippen LogP contribution >= 0.6 is 0 Å². The molecule has 1 heterocycles. The van der Waals surface area contributed by atoms with Crippen molar-refractivity contribution < 1.29 is 19.1 Å². The summed E-state index contributed by atoms with van der Waals surface area (Å²) in [4.78, 5) is 40.7. The fraction of sp³-hybridized carbons (Fsp3) is 0.400.